The van der Waals surface area contributed by atoms with E-state index in [2.05, 4.69) is 0 Å². The molecule has 7 N–H and O–H groups in total. The van der Waals surface area contributed by atoms with Crippen molar-refractivity contribution in [3.63, 3.8) is 0 Å². The third-order valence-electron chi connectivity index (χ3n) is 0.681. The zero-order valence-corrected chi connectivity index (χ0v) is 5.22. The van der Waals surface area contributed by atoms with Crippen molar-refractivity contribution in [3.05, 3.63) is 31.5 Å². The Balaban J connectivity index is -0.000000101. The Morgan fingerprint density at radius 1 is 0.750 bits per heavy atom. The van der Waals surface area contributed by atoms with Crippen molar-refractivity contribution in [1.82, 2.24) is 15.0 Å². The first-order valence-corrected chi connectivity index (χ1v) is 2.11. The molecule has 0 amide bonds. The molecule has 0 unspecified atom stereocenters. The van der Waals surface area contributed by atoms with Crippen LogP contribution in [-0.4, -0.2) is 44.8 Å². The van der Waals surface area contributed by atoms with Gasteiger partial charge in [0.05, 0.1) is 0 Å². The summed E-state index contributed by atoms with van der Waals surface area (Å²) in [4.78, 5) is 35.9. The van der Waals surface area contributed by atoms with Gasteiger partial charge < -0.3 is 11.0 Å². The molecule has 0 atom stereocenters. The van der Waals surface area contributed by atoms with Crippen LogP contribution in [0.3, 0.4) is 0 Å². The first-order chi connectivity index (χ1) is 4.18. The van der Waals surface area contributed by atoms with Gasteiger partial charge in [-0.2, -0.15) is 0 Å². The van der Waals surface area contributed by atoms with E-state index in [4.69, 9.17) is 0 Å². The number of hydrogen-bond donors (Lipinski definition) is 3. The first kappa shape index (κ1) is 17.1. The van der Waals surface area contributed by atoms with E-state index < -0.39 is 17.1 Å². The number of aromatic amines is 3. The van der Waals surface area contributed by atoms with E-state index in [1.165, 1.54) is 0 Å². The molecule has 1 aromatic rings. The molecule has 0 aliphatic heterocycles. The Hall–Kier alpha value is -1.07. The minimum atomic E-state index is -0.802. The predicted octanol–water partition coefficient (Wildman–Crippen LogP) is -4.43. The van der Waals surface area contributed by atoms with E-state index >= 15 is 0 Å². The van der Waals surface area contributed by atoms with Gasteiger partial charge in [-0.3, -0.25) is 15.0 Å². The Bertz CT molecular complexity index is 290. The van der Waals surface area contributed by atoms with E-state index in [9.17, 15) is 14.4 Å². The van der Waals surface area contributed by atoms with Crippen LogP contribution in [-0.2, 0) is 0 Å². The van der Waals surface area contributed by atoms with Crippen LogP contribution in [0.15, 0.2) is 14.4 Å². The van der Waals surface area contributed by atoms with Crippen molar-refractivity contribution in [2.45, 2.75) is 0 Å². The Labute approximate surface area is 78.3 Å². The summed E-state index contributed by atoms with van der Waals surface area (Å²) in [7, 11) is 0. The fourth-order valence-electron chi connectivity index (χ4n) is 0.403. The predicted molar refractivity (Wildman–Crippen MR) is 43.8 cm³/mol. The van der Waals surface area contributed by atoms with E-state index in [1.54, 1.807) is 15.0 Å². The van der Waals surface area contributed by atoms with Crippen molar-refractivity contribution in [2.75, 3.05) is 0 Å². The maximum absolute atomic E-state index is 10.2. The summed E-state index contributed by atoms with van der Waals surface area (Å²) in [5.74, 6) is 0. The van der Waals surface area contributed by atoms with Crippen molar-refractivity contribution in [2.24, 2.45) is 0 Å². The number of rotatable bonds is 0. The van der Waals surface area contributed by atoms with Gasteiger partial charge in [0.2, 0.25) is 0 Å². The van der Waals surface area contributed by atoms with Gasteiger partial charge in [0, 0.05) is 0 Å². The zero-order valence-electron chi connectivity index (χ0n) is 6.22. The van der Waals surface area contributed by atoms with Gasteiger partial charge in [0.15, 0.2) is 0 Å². The molecule has 0 aliphatic rings. The fourth-order valence-corrected chi connectivity index (χ4v) is 0.403. The van der Waals surface area contributed by atoms with Crippen molar-refractivity contribution in [1.29, 1.82) is 0 Å². The van der Waals surface area contributed by atoms with Crippen molar-refractivity contribution >= 4 is 18.9 Å². The summed E-state index contributed by atoms with van der Waals surface area (Å²) in [6.45, 7) is 0. The first-order valence-electron chi connectivity index (χ1n) is 2.11. The summed E-state index contributed by atoms with van der Waals surface area (Å²) < 4.78 is 0. The van der Waals surface area contributed by atoms with Gasteiger partial charge in [0.25, 0.3) is 0 Å². The molecular formula is C3H9LiN3O5+. The van der Waals surface area contributed by atoms with Gasteiger partial charge in [-0.05, 0) is 0 Å². The molecule has 1 heterocycles. The van der Waals surface area contributed by atoms with Gasteiger partial charge >= 0.3 is 37.4 Å². The molecule has 12 heavy (non-hydrogen) atoms. The van der Waals surface area contributed by atoms with Crippen LogP contribution < -0.4 is 17.1 Å². The zero-order chi connectivity index (χ0) is 6.85. The quantitative estimate of drug-likeness (QED) is 0.339. The van der Waals surface area contributed by atoms with Crippen LogP contribution in [0.4, 0.5) is 0 Å². The molecule has 0 saturated carbocycles. The molecule has 0 fully saturated rings. The topological polar surface area (TPSA) is 162 Å². The second kappa shape index (κ2) is 6.63. The Morgan fingerprint density at radius 3 is 1.08 bits per heavy atom. The summed E-state index contributed by atoms with van der Waals surface area (Å²) in [5.41, 5.74) is -2.41. The average Bonchev–Trinajstić information content (AvgIpc) is 1.59. The van der Waals surface area contributed by atoms with E-state index in [0.29, 0.717) is 0 Å². The van der Waals surface area contributed by atoms with E-state index in [-0.39, 0.29) is 31.2 Å². The second-order valence-electron chi connectivity index (χ2n) is 1.36. The molecule has 0 aromatic carbocycles. The van der Waals surface area contributed by atoms with Gasteiger partial charge in [-0.1, -0.05) is 0 Å². The van der Waals surface area contributed by atoms with E-state index in [1.807, 2.05) is 0 Å². The molecule has 1 aromatic heterocycles. The number of H-pyrrole nitrogens is 3. The van der Waals surface area contributed by atoms with Crippen molar-refractivity contribution < 1.29 is 12.4 Å². The summed E-state index contributed by atoms with van der Waals surface area (Å²) >= 11 is 0. The molecule has 0 aliphatic carbocycles. The molecule has 1 rings (SSSR count). The fraction of sp³-hybridized carbons (Fsp3) is 0. The van der Waals surface area contributed by atoms with Crippen LogP contribution >= 0.6 is 0 Å². The van der Waals surface area contributed by atoms with Crippen LogP contribution in [0, 0.1) is 0 Å². The second-order valence-corrected chi connectivity index (χ2v) is 1.36. The van der Waals surface area contributed by atoms with Gasteiger partial charge in [0.1, 0.15) is 0 Å². The SMILES string of the molecule is O.O.O=c1[nH]c(=O)[nH]c(=O)[nH]1.[H+].[LiH]. The third-order valence-corrected chi connectivity index (χ3v) is 0.681. The molecule has 0 radical (unpaired) electrons. The third kappa shape index (κ3) is 4.70. The molecule has 66 valence electrons. The molecule has 0 bridgehead atoms. The number of aromatic nitrogens is 3. The van der Waals surface area contributed by atoms with Crippen LogP contribution in [0.1, 0.15) is 1.43 Å². The van der Waals surface area contributed by atoms with E-state index in [0.717, 1.165) is 0 Å². The number of nitrogens with one attached hydrogen (secondary N) is 3. The molecule has 0 saturated heterocycles. The summed E-state index contributed by atoms with van der Waals surface area (Å²) in [5, 5.41) is 0. The van der Waals surface area contributed by atoms with Gasteiger partial charge in [-0.15, -0.1) is 0 Å². The summed E-state index contributed by atoms with van der Waals surface area (Å²) in [6.07, 6.45) is 0. The van der Waals surface area contributed by atoms with Gasteiger partial charge in [-0.25, -0.2) is 14.4 Å². The Morgan fingerprint density at radius 2 is 0.917 bits per heavy atom. The maximum atomic E-state index is 10.2. The Kier molecular flexibility index (Phi) is 9.46. The number of hydrogen-bond acceptors (Lipinski definition) is 3. The molecule has 8 nitrogen and oxygen atoms in total. The van der Waals surface area contributed by atoms with Crippen molar-refractivity contribution in [3.8, 4) is 0 Å². The minimum absolute atomic E-state index is 0. The monoisotopic (exact) mass is 174 g/mol. The standard InChI is InChI=1S/C3H3N3O3.Li.2H2O.H/c7-1-4-2(8)6-3(9)5-1;;;;/h(H3,4,5,6,7,8,9);;2*1H2;/p+1. The molecule has 9 heteroatoms. The van der Waals surface area contributed by atoms with Crippen LogP contribution in [0.2, 0.25) is 0 Å². The molecule has 0 spiro atoms. The average molecular weight is 174 g/mol. The van der Waals surface area contributed by atoms with Crippen LogP contribution in [0.5, 0.6) is 0 Å². The normalized spacial score (nSPS) is 7.00. The van der Waals surface area contributed by atoms with Crippen LogP contribution in [0.25, 0.3) is 0 Å². The summed E-state index contributed by atoms with van der Waals surface area (Å²) in [6, 6.07) is 0. The molecular weight excluding hydrogens is 165 g/mol.